The molecule has 4 aliphatic rings. The topological polar surface area (TPSA) is 340 Å². The molecule has 13 rings (SSSR count). The highest BCUT2D eigenvalue weighted by Crippen LogP contribution is 2.31. The fraction of sp³-hybridized carbons (Fsp3) is 0.580. The molecule has 4 atom stereocenters. The van der Waals surface area contributed by atoms with Gasteiger partial charge >= 0.3 is 12.2 Å². The van der Waals surface area contributed by atoms with Crippen LogP contribution < -0.4 is 30.7 Å². The van der Waals surface area contributed by atoms with Crippen LogP contribution in [0.25, 0.3) is 44.1 Å². The van der Waals surface area contributed by atoms with E-state index < -0.39 is 27.3 Å². The number of fused-ring (bicyclic) bond motifs is 4. The zero-order valence-corrected chi connectivity index (χ0v) is 66.7. The number of carbonyl (C=O) groups is 3. The van der Waals surface area contributed by atoms with Crippen LogP contribution in [0.1, 0.15) is 67.2 Å². The SMILES string of the molecule is CC(C)(C)OC(=O)N1CC[C@H](Nc2ncnc3c2cnn3COCC[Si](C)(C)C)C1.CN(c1ncnc2[nH]ncc12)[C@H]1CCN(C(=O)CNc2cc(Cl)cc(Cl)c2)C1.CN(c1ncnc2[nH]ncc12)[C@H]1CCNC1.CN(c1ncnc2c1cnn2COCC[Si](C)(C)C)[C@H]1CCN(C(=O)OC(C)(C)C)C1. The van der Waals surface area contributed by atoms with Gasteiger partial charge in [-0.05, 0) is 104 Å². The van der Waals surface area contributed by atoms with E-state index in [1.807, 2.05) is 60.5 Å². The van der Waals surface area contributed by atoms with E-state index in [2.05, 4.69) is 147 Å². The summed E-state index contributed by atoms with van der Waals surface area (Å²) in [6.07, 6.45) is 16.4. The number of aromatic amines is 2. The number of nitrogens with zero attached hydrogens (tertiary/aromatic N) is 20. The van der Waals surface area contributed by atoms with Crippen molar-refractivity contribution in [2.24, 2.45) is 0 Å². The van der Waals surface area contributed by atoms with Crippen LogP contribution in [0.3, 0.4) is 0 Å². The quantitative estimate of drug-likeness (QED) is 0.0330. The molecule has 32 nitrogen and oxygen atoms in total. The van der Waals surface area contributed by atoms with Crippen molar-refractivity contribution in [2.75, 3.05) is 119 Å². The summed E-state index contributed by atoms with van der Waals surface area (Å²) < 4.78 is 26.2. The smallest absolute Gasteiger partial charge is 0.410 e. The third-order valence-electron chi connectivity index (χ3n) is 18.2. The average Bonchev–Trinajstić information content (AvgIpc) is 1.67. The molecule has 3 amide bonds. The number of aromatic nitrogens is 16. The van der Waals surface area contributed by atoms with Crippen molar-refractivity contribution in [3.05, 3.63) is 78.3 Å². The minimum absolute atomic E-state index is 0.0307. The van der Waals surface area contributed by atoms with Gasteiger partial charge in [-0.25, -0.2) is 58.8 Å². The zero-order valence-electron chi connectivity index (χ0n) is 63.2. The molecule has 0 saturated carbocycles. The number of amides is 3. The molecule has 8 aromatic heterocycles. The Bertz CT molecular complexity index is 4340. The number of likely N-dealkylation sites (tertiary alicyclic amines) is 3. The third kappa shape index (κ3) is 22.0. The molecule has 36 heteroatoms. The Balaban J connectivity index is 0.000000153. The molecule has 0 radical (unpaired) electrons. The van der Waals surface area contributed by atoms with Gasteiger partial charge in [-0.15, -0.1) is 0 Å². The van der Waals surface area contributed by atoms with Crippen molar-refractivity contribution < 1.29 is 33.3 Å². The summed E-state index contributed by atoms with van der Waals surface area (Å²) in [7, 11) is 3.83. The molecule has 12 heterocycles. The minimum atomic E-state index is -1.12. The third-order valence-corrected chi connectivity index (χ3v) is 22.1. The number of anilines is 5. The summed E-state index contributed by atoms with van der Waals surface area (Å²) in [4.78, 5) is 83.8. The number of likely N-dealkylation sites (N-methyl/N-ethyl adjacent to an activating group) is 3. The normalized spacial score (nSPS) is 17.7. The van der Waals surface area contributed by atoms with E-state index in [9.17, 15) is 14.4 Å². The predicted molar refractivity (Wildman–Crippen MR) is 415 cm³/mol. The van der Waals surface area contributed by atoms with E-state index in [0.717, 1.165) is 132 Å². The highest BCUT2D eigenvalue weighted by Gasteiger charge is 2.35. The predicted octanol–water partition coefficient (Wildman–Crippen LogP) is 10.1. The number of rotatable bonds is 21. The minimum Gasteiger partial charge on any atom is -0.444 e. The average molecular weight is 1520 g/mol. The Morgan fingerprint density at radius 3 is 1.55 bits per heavy atom. The first kappa shape index (κ1) is 78.9. The van der Waals surface area contributed by atoms with Crippen LogP contribution in [-0.2, 0) is 37.2 Å². The summed E-state index contributed by atoms with van der Waals surface area (Å²) in [5, 5.41) is 37.2. The van der Waals surface area contributed by atoms with Gasteiger partial charge in [0.1, 0.15) is 73.2 Å². The van der Waals surface area contributed by atoms with Gasteiger partial charge in [0.25, 0.3) is 0 Å². The van der Waals surface area contributed by atoms with Crippen molar-refractivity contribution in [3.8, 4) is 0 Å². The molecule has 4 fully saturated rings. The summed E-state index contributed by atoms with van der Waals surface area (Å²) in [5.74, 6) is 3.33. The summed E-state index contributed by atoms with van der Waals surface area (Å²) in [6.45, 7) is 33.6. The molecular formula is C69H103Cl2N25O7Si2. The highest BCUT2D eigenvalue weighted by molar-refractivity contribution is 6.76. The van der Waals surface area contributed by atoms with Crippen molar-refractivity contribution >= 4 is 131 Å². The molecule has 0 bridgehead atoms. The lowest BCUT2D eigenvalue weighted by Crippen LogP contribution is -2.39. The number of nitrogens with one attached hydrogen (secondary N) is 5. The Morgan fingerprint density at radius 2 is 1.03 bits per heavy atom. The van der Waals surface area contributed by atoms with E-state index in [-0.39, 0.29) is 42.8 Å². The number of halogens is 2. The summed E-state index contributed by atoms with van der Waals surface area (Å²) in [6, 6.07) is 8.31. The lowest BCUT2D eigenvalue weighted by Gasteiger charge is -2.27. The standard InChI is InChI=1S/C21H36N6O3Si.C20H34N6O3Si.C18H19Cl2N7O.C10H14N6/c1-21(2,3)30-20(28)26-9-8-16(13-26)25(4)18-17-12-24-27(19(17)23-14-22-18)15-29-10-11-31(5,6)7;1-20(2,3)29-19(27)25-8-7-15(12-25)24-17-16-11-23-26(18(16)22-13-21-17)14-28-9-10-30(4,5)6;1-26(18-15-7-24-25-17(15)22-10-23-18)14-2-3-27(9-14)16(28)8-21-13-5-11(19)4-12(20)6-13;1-16(7-2-3-11-4-7)10-8-5-14-15-9(8)12-6-13-10/h12,14,16H,8-11,13,15H2,1-7H3;11,13,15H,7-10,12,14H2,1-6H3,(H,21,22,24);4-7,10,14,21H,2-3,8-9H2,1H3,(H,22,23,24,25);5-7,11H,2-4H2,1H3,(H,12,13,14,15)/t16-;15-;14-;7-/m0000/s1. The molecule has 0 spiro atoms. The van der Waals surface area contributed by atoms with Crippen molar-refractivity contribution in [1.29, 1.82) is 0 Å². The lowest BCUT2D eigenvalue weighted by atomic mass is 10.2. The van der Waals surface area contributed by atoms with Gasteiger partial charge in [0, 0.05) is 136 Å². The fourth-order valence-corrected chi connectivity index (χ4v) is 14.4. The van der Waals surface area contributed by atoms with E-state index in [0.29, 0.717) is 74.5 Å². The molecule has 1 aromatic carbocycles. The Morgan fingerprint density at radius 1 is 0.562 bits per heavy atom. The van der Waals surface area contributed by atoms with Crippen LogP contribution in [0.5, 0.6) is 0 Å². The second kappa shape index (κ2) is 34.7. The van der Waals surface area contributed by atoms with Gasteiger partial charge in [-0.1, -0.05) is 62.5 Å². The molecule has 9 aromatic rings. The van der Waals surface area contributed by atoms with E-state index in [1.54, 1.807) is 74.8 Å². The molecular weight excluding hydrogens is 1420 g/mol. The maximum absolute atomic E-state index is 12.6. The van der Waals surface area contributed by atoms with Crippen molar-refractivity contribution in [3.63, 3.8) is 0 Å². The lowest BCUT2D eigenvalue weighted by molar-refractivity contribution is -0.128. The van der Waals surface area contributed by atoms with Crippen molar-refractivity contribution in [2.45, 2.75) is 167 Å². The molecule has 568 valence electrons. The summed E-state index contributed by atoms with van der Waals surface area (Å²) >= 11 is 12.0. The van der Waals surface area contributed by atoms with Gasteiger partial charge in [0.15, 0.2) is 22.6 Å². The van der Waals surface area contributed by atoms with Gasteiger partial charge in [0.05, 0.1) is 52.9 Å². The number of carbonyl (C=O) groups excluding carboxylic acids is 3. The highest BCUT2D eigenvalue weighted by atomic mass is 35.5. The monoisotopic (exact) mass is 1520 g/mol. The van der Waals surface area contributed by atoms with Crippen LogP contribution in [-0.4, -0.2) is 257 Å². The first-order valence-corrected chi connectivity index (χ1v) is 43.9. The van der Waals surface area contributed by atoms with Gasteiger partial charge in [-0.2, -0.15) is 20.4 Å². The van der Waals surface area contributed by atoms with E-state index >= 15 is 0 Å². The zero-order chi connectivity index (χ0) is 75.4. The van der Waals surface area contributed by atoms with Crippen LogP contribution in [0.4, 0.5) is 38.5 Å². The fourth-order valence-electron chi connectivity index (χ4n) is 12.3. The summed E-state index contributed by atoms with van der Waals surface area (Å²) in [5.41, 5.74) is 2.73. The van der Waals surface area contributed by atoms with E-state index in [1.165, 1.54) is 12.7 Å². The Kier molecular flexibility index (Phi) is 26.1. The van der Waals surface area contributed by atoms with Crippen molar-refractivity contribution in [1.82, 2.24) is 99.8 Å². The van der Waals surface area contributed by atoms with E-state index in [4.69, 9.17) is 42.1 Å². The number of ether oxygens (including phenoxy) is 4. The van der Waals surface area contributed by atoms with Gasteiger partial charge in [-0.3, -0.25) is 15.0 Å². The largest absolute Gasteiger partial charge is 0.444 e. The number of hydrogen-bond donors (Lipinski definition) is 5. The molecule has 5 N–H and O–H groups in total. The molecule has 4 saturated heterocycles. The molecule has 4 aliphatic heterocycles. The molecule has 0 aliphatic carbocycles. The Labute approximate surface area is 624 Å². The Hall–Kier alpha value is -8.68. The molecule has 105 heavy (non-hydrogen) atoms. The second-order valence-electron chi connectivity index (χ2n) is 31.2. The molecule has 0 unspecified atom stereocenters. The number of benzene rings is 1. The second-order valence-corrected chi connectivity index (χ2v) is 43.4. The first-order valence-electron chi connectivity index (χ1n) is 35.7. The van der Waals surface area contributed by atoms with Gasteiger partial charge < -0.3 is 64.3 Å². The van der Waals surface area contributed by atoms with Crippen LogP contribution in [0.15, 0.2) is 68.3 Å². The maximum Gasteiger partial charge on any atom is 0.410 e. The number of hydrogen-bond acceptors (Lipinski definition) is 25. The van der Waals surface area contributed by atoms with Crippen LogP contribution >= 0.6 is 23.2 Å². The van der Waals surface area contributed by atoms with Crippen LogP contribution in [0, 0.1) is 0 Å². The maximum atomic E-state index is 12.6. The van der Waals surface area contributed by atoms with Crippen LogP contribution in [0.2, 0.25) is 61.4 Å². The first-order chi connectivity index (χ1) is 49.8. The van der Waals surface area contributed by atoms with Gasteiger partial charge in [0.2, 0.25) is 5.91 Å². The number of H-pyrrole nitrogens is 2.